The van der Waals surface area contributed by atoms with E-state index in [4.69, 9.17) is 5.73 Å². The van der Waals surface area contributed by atoms with Crippen molar-refractivity contribution in [2.75, 3.05) is 19.6 Å². The van der Waals surface area contributed by atoms with Gasteiger partial charge in [0.05, 0.1) is 6.54 Å². The second kappa shape index (κ2) is 9.88. The summed E-state index contributed by atoms with van der Waals surface area (Å²) in [7, 11) is 0. The zero-order valence-corrected chi connectivity index (χ0v) is 14.8. The number of halogens is 2. The van der Waals surface area contributed by atoms with Gasteiger partial charge in [-0.05, 0) is 50.6 Å². The number of rotatable bonds is 5. The van der Waals surface area contributed by atoms with E-state index in [0.717, 1.165) is 25.9 Å². The molecule has 2 unspecified atom stereocenters. The predicted octanol–water partition coefficient (Wildman–Crippen LogP) is 2.19. The van der Waals surface area contributed by atoms with E-state index in [1.165, 1.54) is 19.3 Å². The second-order valence-electron chi connectivity index (χ2n) is 6.24. The Labute approximate surface area is 141 Å². The minimum Gasteiger partial charge on any atom is -0.352 e. The topological polar surface area (TPSA) is 58.4 Å². The number of nitrogens with one attached hydrogen (secondary N) is 1. The van der Waals surface area contributed by atoms with Crippen LogP contribution in [0.5, 0.6) is 0 Å². The van der Waals surface area contributed by atoms with E-state index < -0.39 is 0 Å². The average molecular weight is 340 g/mol. The predicted molar refractivity (Wildman–Crippen MR) is 92.3 cm³/mol. The van der Waals surface area contributed by atoms with Crippen molar-refractivity contribution in [1.82, 2.24) is 10.2 Å². The van der Waals surface area contributed by atoms with Crippen LogP contribution >= 0.6 is 24.8 Å². The summed E-state index contributed by atoms with van der Waals surface area (Å²) < 4.78 is 0. The molecule has 0 aliphatic heterocycles. The monoisotopic (exact) mass is 339 g/mol. The van der Waals surface area contributed by atoms with Gasteiger partial charge in [-0.2, -0.15) is 0 Å². The van der Waals surface area contributed by atoms with Crippen LogP contribution in [0.2, 0.25) is 0 Å². The van der Waals surface area contributed by atoms with E-state index in [0.29, 0.717) is 30.5 Å². The van der Waals surface area contributed by atoms with Crippen LogP contribution in [-0.4, -0.2) is 42.5 Å². The van der Waals surface area contributed by atoms with Gasteiger partial charge < -0.3 is 11.1 Å². The largest absolute Gasteiger partial charge is 0.352 e. The summed E-state index contributed by atoms with van der Waals surface area (Å²) in [6.07, 6.45) is 5.96. The molecule has 0 heterocycles. The summed E-state index contributed by atoms with van der Waals surface area (Å²) in [5.41, 5.74) is 6.12. The van der Waals surface area contributed by atoms with Crippen LogP contribution < -0.4 is 11.1 Å². The molecule has 2 bridgehead atoms. The molecule has 2 atom stereocenters. The molecule has 1 amide bonds. The first-order valence-corrected chi connectivity index (χ1v) is 7.91. The summed E-state index contributed by atoms with van der Waals surface area (Å²) >= 11 is 0. The molecule has 2 saturated carbocycles. The normalized spacial score (nSPS) is 31.0. The number of hydrogen-bond donors (Lipinski definition) is 2. The molecule has 126 valence electrons. The molecule has 2 aliphatic rings. The van der Waals surface area contributed by atoms with Crippen LogP contribution in [0.1, 0.15) is 46.0 Å². The molecule has 0 aromatic rings. The standard InChI is InChI=1S/C15H29N3O.2ClH/c1-3-18(4-2)10-14(19)17-15-11-6-5-7-12(15)9-13(16)8-11;;/h11-13,15H,3-10,16H2,1-2H3,(H,17,19);2*1H. The quantitative estimate of drug-likeness (QED) is 0.807. The van der Waals surface area contributed by atoms with E-state index >= 15 is 0 Å². The van der Waals surface area contributed by atoms with Crippen LogP contribution in [-0.2, 0) is 4.79 Å². The Kier molecular flexibility index (Phi) is 9.87. The van der Waals surface area contributed by atoms with Crippen LogP contribution in [0.3, 0.4) is 0 Å². The molecule has 0 aromatic heterocycles. The van der Waals surface area contributed by atoms with Gasteiger partial charge >= 0.3 is 0 Å². The van der Waals surface area contributed by atoms with E-state index in [-0.39, 0.29) is 30.7 Å². The lowest BCUT2D eigenvalue weighted by Gasteiger charge is -2.45. The summed E-state index contributed by atoms with van der Waals surface area (Å²) in [4.78, 5) is 14.3. The van der Waals surface area contributed by atoms with Gasteiger partial charge in [-0.25, -0.2) is 0 Å². The van der Waals surface area contributed by atoms with Gasteiger partial charge in [0.15, 0.2) is 0 Å². The number of nitrogens with two attached hydrogens (primary N) is 1. The molecule has 0 aromatic carbocycles. The van der Waals surface area contributed by atoms with E-state index in [1.54, 1.807) is 0 Å². The number of hydrogen-bond acceptors (Lipinski definition) is 3. The van der Waals surface area contributed by atoms with Crippen LogP contribution in [0.15, 0.2) is 0 Å². The molecule has 3 N–H and O–H groups in total. The Bertz CT molecular complexity index is 299. The van der Waals surface area contributed by atoms with Crippen LogP contribution in [0, 0.1) is 11.8 Å². The van der Waals surface area contributed by atoms with E-state index in [1.807, 2.05) is 0 Å². The molecular formula is C15H31Cl2N3O. The first-order valence-electron chi connectivity index (χ1n) is 7.91. The third-order valence-electron chi connectivity index (χ3n) is 4.97. The first kappa shape index (κ1) is 21.0. The lowest BCUT2D eigenvalue weighted by Crippen LogP contribution is -2.55. The molecular weight excluding hydrogens is 309 g/mol. The number of carbonyl (C=O) groups excluding carboxylic acids is 1. The molecule has 21 heavy (non-hydrogen) atoms. The van der Waals surface area contributed by atoms with Gasteiger partial charge in [0.1, 0.15) is 0 Å². The molecule has 2 rings (SSSR count). The third kappa shape index (κ3) is 5.59. The molecule has 0 saturated heterocycles. The number of nitrogens with zero attached hydrogens (tertiary/aromatic N) is 1. The van der Waals surface area contributed by atoms with Crippen LogP contribution in [0.25, 0.3) is 0 Å². The van der Waals surface area contributed by atoms with Gasteiger partial charge in [-0.3, -0.25) is 9.69 Å². The Hall–Kier alpha value is -0.0300. The summed E-state index contributed by atoms with van der Waals surface area (Å²) in [5, 5.41) is 3.30. The number of likely N-dealkylation sites (N-methyl/N-ethyl adjacent to an activating group) is 1. The van der Waals surface area contributed by atoms with Crippen molar-refractivity contribution in [2.45, 2.75) is 58.0 Å². The minimum atomic E-state index is 0. The van der Waals surface area contributed by atoms with E-state index in [9.17, 15) is 4.79 Å². The van der Waals surface area contributed by atoms with Crippen molar-refractivity contribution in [1.29, 1.82) is 0 Å². The second-order valence-corrected chi connectivity index (χ2v) is 6.24. The van der Waals surface area contributed by atoms with Gasteiger partial charge in [0.2, 0.25) is 5.91 Å². The summed E-state index contributed by atoms with van der Waals surface area (Å²) in [6.45, 7) is 6.61. The lowest BCUT2D eigenvalue weighted by atomic mass is 9.67. The Balaban J connectivity index is 0.00000200. The summed E-state index contributed by atoms with van der Waals surface area (Å²) in [6, 6.07) is 0.739. The molecule has 2 aliphatic carbocycles. The molecule has 6 heteroatoms. The van der Waals surface area contributed by atoms with Crippen molar-refractivity contribution in [3.05, 3.63) is 0 Å². The zero-order valence-electron chi connectivity index (χ0n) is 13.2. The lowest BCUT2D eigenvalue weighted by molar-refractivity contribution is -0.124. The molecule has 4 nitrogen and oxygen atoms in total. The highest BCUT2D eigenvalue weighted by Crippen LogP contribution is 2.39. The fourth-order valence-corrected chi connectivity index (χ4v) is 3.91. The Morgan fingerprint density at radius 3 is 2.14 bits per heavy atom. The molecule has 0 spiro atoms. The highest BCUT2D eigenvalue weighted by Gasteiger charge is 2.39. The molecule has 2 fully saturated rings. The number of carbonyl (C=O) groups is 1. The minimum absolute atomic E-state index is 0. The fourth-order valence-electron chi connectivity index (χ4n) is 3.91. The SMILES string of the molecule is CCN(CC)CC(=O)NC1C2CCCC1CC(N)C2.Cl.Cl. The van der Waals surface area contributed by atoms with Crippen molar-refractivity contribution in [2.24, 2.45) is 17.6 Å². The van der Waals surface area contributed by atoms with Gasteiger partial charge in [0, 0.05) is 12.1 Å². The van der Waals surface area contributed by atoms with Gasteiger partial charge in [-0.1, -0.05) is 20.3 Å². The maximum atomic E-state index is 12.2. The number of amides is 1. The Morgan fingerprint density at radius 2 is 1.67 bits per heavy atom. The smallest absolute Gasteiger partial charge is 0.234 e. The average Bonchev–Trinajstić information content (AvgIpc) is 2.37. The van der Waals surface area contributed by atoms with Crippen molar-refractivity contribution < 1.29 is 4.79 Å². The van der Waals surface area contributed by atoms with Gasteiger partial charge in [-0.15, -0.1) is 24.8 Å². The van der Waals surface area contributed by atoms with Crippen molar-refractivity contribution >= 4 is 30.7 Å². The number of fused-ring (bicyclic) bond motifs is 2. The third-order valence-corrected chi connectivity index (χ3v) is 4.97. The van der Waals surface area contributed by atoms with Crippen molar-refractivity contribution in [3.63, 3.8) is 0 Å². The Morgan fingerprint density at radius 1 is 1.14 bits per heavy atom. The molecule has 0 radical (unpaired) electrons. The highest BCUT2D eigenvalue weighted by molar-refractivity contribution is 5.85. The van der Waals surface area contributed by atoms with Crippen molar-refractivity contribution in [3.8, 4) is 0 Å². The zero-order chi connectivity index (χ0) is 13.8. The summed E-state index contributed by atoms with van der Waals surface area (Å²) in [5.74, 6) is 1.42. The maximum Gasteiger partial charge on any atom is 0.234 e. The first-order chi connectivity index (χ1) is 9.13. The fraction of sp³-hybridized carbons (Fsp3) is 0.933. The van der Waals surface area contributed by atoms with Gasteiger partial charge in [0.25, 0.3) is 0 Å². The highest BCUT2D eigenvalue weighted by atomic mass is 35.5. The maximum absolute atomic E-state index is 12.2. The van der Waals surface area contributed by atoms with Crippen LogP contribution in [0.4, 0.5) is 0 Å². The van der Waals surface area contributed by atoms with E-state index in [2.05, 4.69) is 24.1 Å².